The summed E-state index contributed by atoms with van der Waals surface area (Å²) in [5.74, 6) is 0.316. The number of nitrogens with zero attached hydrogens (tertiary/aromatic N) is 2. The Balaban J connectivity index is 2.27. The molecule has 0 spiro atoms. The average Bonchev–Trinajstić information content (AvgIpc) is 2.49. The Bertz CT molecular complexity index is 625. The van der Waals surface area contributed by atoms with E-state index in [9.17, 15) is 4.79 Å². The van der Waals surface area contributed by atoms with Crippen LogP contribution in [0.15, 0.2) is 30.6 Å². The molecule has 2 aromatic rings. The van der Waals surface area contributed by atoms with Gasteiger partial charge in [0.15, 0.2) is 0 Å². The molecule has 0 unspecified atom stereocenters. The molecule has 5 nitrogen and oxygen atoms in total. The van der Waals surface area contributed by atoms with E-state index in [2.05, 4.69) is 27.5 Å². The summed E-state index contributed by atoms with van der Waals surface area (Å²) < 4.78 is 0. The van der Waals surface area contributed by atoms with Gasteiger partial charge >= 0.3 is 0 Å². The molecule has 0 fully saturated rings. The molecule has 0 saturated heterocycles. The molecule has 0 atom stereocenters. The van der Waals surface area contributed by atoms with Gasteiger partial charge < -0.3 is 10.6 Å². The summed E-state index contributed by atoms with van der Waals surface area (Å²) in [6.45, 7) is 4.04. The maximum Gasteiger partial charge on any atom is 0.275 e. The Labute approximate surface area is 118 Å². The van der Waals surface area contributed by atoms with Gasteiger partial charge in [-0.2, -0.15) is 0 Å². The number of nitrogens with one attached hydrogen (secondary N) is 2. The van der Waals surface area contributed by atoms with E-state index in [1.54, 1.807) is 13.2 Å². The highest BCUT2D eigenvalue weighted by Crippen LogP contribution is 2.21. The molecule has 0 aliphatic carbocycles. The van der Waals surface area contributed by atoms with Gasteiger partial charge in [-0.3, -0.25) is 9.78 Å². The van der Waals surface area contributed by atoms with Crippen LogP contribution in [0.5, 0.6) is 0 Å². The molecule has 0 bridgehead atoms. The van der Waals surface area contributed by atoms with Crippen molar-refractivity contribution in [3.63, 3.8) is 0 Å². The van der Waals surface area contributed by atoms with Crippen LogP contribution in [-0.4, -0.2) is 22.9 Å². The maximum atomic E-state index is 12.3. The molecule has 0 saturated carbocycles. The first kappa shape index (κ1) is 14.0. The van der Waals surface area contributed by atoms with Crippen molar-refractivity contribution in [1.82, 2.24) is 9.97 Å². The number of aromatic nitrogens is 2. The van der Waals surface area contributed by atoms with Crippen molar-refractivity contribution < 1.29 is 4.79 Å². The Morgan fingerprint density at radius 1 is 1.30 bits per heavy atom. The predicted octanol–water partition coefficient (Wildman–Crippen LogP) is 2.64. The average molecular weight is 270 g/mol. The van der Waals surface area contributed by atoms with Crippen LogP contribution in [0.3, 0.4) is 0 Å². The van der Waals surface area contributed by atoms with Crippen LogP contribution in [0, 0.1) is 6.92 Å². The van der Waals surface area contributed by atoms with E-state index in [0.717, 1.165) is 23.2 Å². The van der Waals surface area contributed by atoms with Crippen LogP contribution in [0.4, 0.5) is 11.5 Å². The van der Waals surface area contributed by atoms with Crippen molar-refractivity contribution in [3.05, 3.63) is 47.4 Å². The number of rotatable bonds is 4. The number of hydrogen-bond acceptors (Lipinski definition) is 4. The van der Waals surface area contributed by atoms with E-state index in [1.165, 1.54) is 6.20 Å². The highest BCUT2D eigenvalue weighted by atomic mass is 16.1. The van der Waals surface area contributed by atoms with E-state index in [0.29, 0.717) is 11.5 Å². The highest BCUT2D eigenvalue weighted by Gasteiger charge is 2.12. The molecular formula is C15H18N4O. The lowest BCUT2D eigenvalue weighted by Gasteiger charge is -2.12. The number of carbonyl (C=O) groups excluding carboxylic acids is 1. The van der Waals surface area contributed by atoms with Crippen molar-refractivity contribution >= 4 is 17.4 Å². The molecule has 2 rings (SSSR count). The lowest BCUT2D eigenvalue weighted by atomic mass is 10.1. The molecule has 1 heterocycles. The third-order valence-corrected chi connectivity index (χ3v) is 3.10. The zero-order valence-electron chi connectivity index (χ0n) is 11.9. The van der Waals surface area contributed by atoms with Crippen LogP contribution >= 0.6 is 0 Å². The molecule has 1 aromatic carbocycles. The standard InChI is InChI=1S/C15H18N4O/c1-4-11-7-5-6-10(2)14(11)19-15(20)12-8-17-9-13(16-3)18-12/h5-9H,4H2,1-3H3,(H,16,18)(H,19,20). The molecular weight excluding hydrogens is 252 g/mol. The number of para-hydroxylation sites is 1. The molecule has 1 amide bonds. The van der Waals surface area contributed by atoms with Gasteiger partial charge in [0.2, 0.25) is 0 Å². The number of amides is 1. The van der Waals surface area contributed by atoms with Gasteiger partial charge in [-0.15, -0.1) is 0 Å². The second kappa shape index (κ2) is 6.14. The van der Waals surface area contributed by atoms with Gasteiger partial charge in [0.25, 0.3) is 5.91 Å². The number of anilines is 2. The summed E-state index contributed by atoms with van der Waals surface area (Å²) in [6, 6.07) is 5.98. The smallest absolute Gasteiger partial charge is 0.275 e. The fourth-order valence-corrected chi connectivity index (χ4v) is 1.98. The van der Waals surface area contributed by atoms with Gasteiger partial charge in [-0.25, -0.2) is 4.98 Å². The Kier molecular flexibility index (Phi) is 4.30. The third kappa shape index (κ3) is 2.93. The number of benzene rings is 1. The van der Waals surface area contributed by atoms with Crippen molar-refractivity contribution in [2.24, 2.45) is 0 Å². The molecule has 2 N–H and O–H groups in total. The Hall–Kier alpha value is -2.43. The molecule has 0 radical (unpaired) electrons. The summed E-state index contributed by atoms with van der Waals surface area (Å²) >= 11 is 0. The van der Waals surface area contributed by atoms with Crippen molar-refractivity contribution in [3.8, 4) is 0 Å². The lowest BCUT2D eigenvalue weighted by molar-refractivity contribution is 0.102. The summed E-state index contributed by atoms with van der Waals surface area (Å²) in [4.78, 5) is 20.4. The van der Waals surface area contributed by atoms with Crippen LogP contribution in [0.2, 0.25) is 0 Å². The predicted molar refractivity (Wildman–Crippen MR) is 80.1 cm³/mol. The minimum absolute atomic E-state index is 0.251. The summed E-state index contributed by atoms with van der Waals surface area (Å²) in [7, 11) is 1.74. The fraction of sp³-hybridized carbons (Fsp3) is 0.267. The first-order valence-electron chi connectivity index (χ1n) is 6.55. The first-order valence-corrected chi connectivity index (χ1v) is 6.55. The van der Waals surface area contributed by atoms with Crippen LogP contribution in [0.25, 0.3) is 0 Å². The SMILES string of the molecule is CCc1cccc(C)c1NC(=O)c1cncc(NC)n1. The van der Waals surface area contributed by atoms with E-state index in [1.807, 2.05) is 25.1 Å². The third-order valence-electron chi connectivity index (χ3n) is 3.10. The lowest BCUT2D eigenvalue weighted by Crippen LogP contribution is -2.16. The Morgan fingerprint density at radius 3 is 2.80 bits per heavy atom. The van der Waals surface area contributed by atoms with Gasteiger partial charge in [-0.05, 0) is 24.5 Å². The Morgan fingerprint density at radius 2 is 2.10 bits per heavy atom. The van der Waals surface area contributed by atoms with Gasteiger partial charge in [0.05, 0.1) is 12.4 Å². The van der Waals surface area contributed by atoms with Crippen molar-refractivity contribution in [2.75, 3.05) is 17.7 Å². The quantitative estimate of drug-likeness (QED) is 0.896. The monoisotopic (exact) mass is 270 g/mol. The second-order valence-electron chi connectivity index (χ2n) is 4.46. The normalized spacial score (nSPS) is 10.2. The molecule has 20 heavy (non-hydrogen) atoms. The zero-order valence-corrected chi connectivity index (χ0v) is 11.9. The van der Waals surface area contributed by atoms with E-state index in [-0.39, 0.29) is 5.91 Å². The summed E-state index contributed by atoms with van der Waals surface area (Å²) in [5, 5.41) is 5.79. The topological polar surface area (TPSA) is 66.9 Å². The second-order valence-corrected chi connectivity index (χ2v) is 4.46. The maximum absolute atomic E-state index is 12.3. The van der Waals surface area contributed by atoms with E-state index >= 15 is 0 Å². The molecule has 0 aliphatic rings. The molecule has 104 valence electrons. The van der Waals surface area contributed by atoms with E-state index < -0.39 is 0 Å². The van der Waals surface area contributed by atoms with Gasteiger partial charge in [-0.1, -0.05) is 25.1 Å². The van der Waals surface area contributed by atoms with Crippen molar-refractivity contribution in [1.29, 1.82) is 0 Å². The summed E-state index contributed by atoms with van der Waals surface area (Å²) in [6.07, 6.45) is 3.89. The first-order chi connectivity index (χ1) is 9.65. The van der Waals surface area contributed by atoms with Gasteiger partial charge in [0, 0.05) is 12.7 Å². The highest BCUT2D eigenvalue weighted by molar-refractivity contribution is 6.03. The van der Waals surface area contributed by atoms with Crippen molar-refractivity contribution in [2.45, 2.75) is 20.3 Å². The summed E-state index contributed by atoms with van der Waals surface area (Å²) in [5.41, 5.74) is 3.30. The largest absolute Gasteiger partial charge is 0.372 e. The zero-order chi connectivity index (χ0) is 14.5. The number of carbonyl (C=O) groups is 1. The van der Waals surface area contributed by atoms with Gasteiger partial charge in [0.1, 0.15) is 11.5 Å². The van der Waals surface area contributed by atoms with E-state index in [4.69, 9.17) is 0 Å². The van der Waals surface area contributed by atoms with Crippen LogP contribution < -0.4 is 10.6 Å². The molecule has 5 heteroatoms. The van der Waals surface area contributed by atoms with Crippen LogP contribution in [-0.2, 0) is 6.42 Å². The number of hydrogen-bond donors (Lipinski definition) is 2. The fourth-order valence-electron chi connectivity index (χ4n) is 1.98. The molecule has 0 aliphatic heterocycles. The minimum Gasteiger partial charge on any atom is -0.372 e. The molecule has 1 aromatic heterocycles. The minimum atomic E-state index is -0.251. The van der Waals surface area contributed by atoms with Crippen LogP contribution in [0.1, 0.15) is 28.5 Å². The number of aryl methyl sites for hydroxylation is 2.